The monoisotopic (exact) mass is 427 g/mol. The molecule has 1 saturated carbocycles. The first-order chi connectivity index (χ1) is 13.1. The summed E-state index contributed by atoms with van der Waals surface area (Å²) in [5, 5.41) is 5.93. The molecule has 6 heteroatoms. The topological polar surface area (TPSA) is 61.4 Å². The Labute approximate surface area is 167 Å². The van der Waals surface area contributed by atoms with Gasteiger partial charge in [-0.15, -0.1) is 0 Å². The van der Waals surface area contributed by atoms with E-state index in [1.807, 2.05) is 48.5 Å². The summed E-state index contributed by atoms with van der Waals surface area (Å²) in [4.78, 5) is 26.4. The first-order valence-corrected chi connectivity index (χ1v) is 10.0. The van der Waals surface area contributed by atoms with Gasteiger partial charge in [0, 0.05) is 29.8 Å². The van der Waals surface area contributed by atoms with Crippen LogP contribution in [0.15, 0.2) is 53.0 Å². The largest absolute Gasteiger partial charge is 0.360 e. The Kier molecular flexibility index (Phi) is 4.91. The van der Waals surface area contributed by atoms with Gasteiger partial charge in [0.1, 0.15) is 0 Å². The number of amides is 2. The fraction of sp³-hybridized carbons (Fsp3) is 0.333. The maximum atomic E-state index is 12.8. The van der Waals surface area contributed by atoms with Gasteiger partial charge >= 0.3 is 0 Å². The number of anilines is 1. The van der Waals surface area contributed by atoms with Gasteiger partial charge in [-0.1, -0.05) is 40.2 Å². The normalized spacial score (nSPS) is 18.0. The van der Waals surface area contributed by atoms with Crippen LogP contribution in [0.4, 0.5) is 5.69 Å². The molecular weight excluding hydrogens is 406 g/mol. The van der Waals surface area contributed by atoms with Gasteiger partial charge in [-0.3, -0.25) is 9.59 Å². The second-order valence-corrected chi connectivity index (χ2v) is 8.13. The summed E-state index contributed by atoms with van der Waals surface area (Å²) in [7, 11) is 0. The van der Waals surface area contributed by atoms with Gasteiger partial charge in [0.2, 0.25) is 11.8 Å². The van der Waals surface area contributed by atoms with E-state index in [-0.39, 0.29) is 17.2 Å². The van der Waals surface area contributed by atoms with E-state index < -0.39 is 0 Å². The van der Waals surface area contributed by atoms with E-state index in [1.54, 1.807) is 0 Å². The molecule has 2 amide bonds. The number of rotatable bonds is 5. The fourth-order valence-electron chi connectivity index (χ4n) is 3.59. The number of benzene rings is 2. The van der Waals surface area contributed by atoms with Gasteiger partial charge in [0.25, 0.3) is 0 Å². The summed E-state index contributed by atoms with van der Waals surface area (Å²) in [6.45, 7) is 2.39. The molecule has 1 aliphatic carbocycles. The van der Waals surface area contributed by atoms with Crippen LogP contribution >= 0.6 is 15.9 Å². The highest BCUT2D eigenvalue weighted by atomic mass is 79.9. The lowest BCUT2D eigenvalue weighted by molar-refractivity contribution is -0.123. The minimum absolute atomic E-state index is 0.0554. The molecule has 27 heavy (non-hydrogen) atoms. The summed E-state index contributed by atoms with van der Waals surface area (Å²) >= 11 is 3.49. The van der Waals surface area contributed by atoms with E-state index in [4.69, 9.17) is 0 Å². The number of halogens is 1. The van der Waals surface area contributed by atoms with Crippen LogP contribution in [-0.2, 0) is 21.5 Å². The van der Waals surface area contributed by atoms with Crippen molar-refractivity contribution in [2.75, 3.05) is 24.5 Å². The standard InChI is InChI=1S/C21H22BrN3O2/c22-17-3-1-2-16(12-17)21(8-9-21)20(27)24-13-15-4-6-18(7-5-15)25-11-10-23-19(26)14-25/h1-7,12H,8-11,13-14H2,(H,23,26)(H,24,27). The Bertz CT molecular complexity index is 862. The van der Waals surface area contributed by atoms with E-state index in [0.29, 0.717) is 19.6 Å². The van der Waals surface area contributed by atoms with Crippen molar-refractivity contribution in [2.45, 2.75) is 24.8 Å². The van der Waals surface area contributed by atoms with Crippen LogP contribution in [-0.4, -0.2) is 31.4 Å². The van der Waals surface area contributed by atoms with Crippen LogP contribution in [0.2, 0.25) is 0 Å². The molecule has 2 aromatic carbocycles. The molecular formula is C21H22BrN3O2. The molecule has 140 valence electrons. The minimum atomic E-state index is -0.370. The summed E-state index contributed by atoms with van der Waals surface area (Å²) in [6, 6.07) is 16.1. The third-order valence-corrected chi connectivity index (χ3v) is 5.85. The first kappa shape index (κ1) is 18.0. The Balaban J connectivity index is 1.37. The maximum Gasteiger partial charge on any atom is 0.239 e. The van der Waals surface area contributed by atoms with Crippen LogP contribution < -0.4 is 15.5 Å². The van der Waals surface area contributed by atoms with Gasteiger partial charge in [-0.05, 0) is 48.2 Å². The summed E-state index contributed by atoms with van der Waals surface area (Å²) in [5.41, 5.74) is 2.80. The third kappa shape index (κ3) is 3.86. The Morgan fingerprint density at radius 1 is 1.19 bits per heavy atom. The van der Waals surface area contributed by atoms with E-state index in [9.17, 15) is 9.59 Å². The molecule has 0 unspecified atom stereocenters. The summed E-state index contributed by atoms with van der Waals surface area (Å²) in [5.74, 6) is 0.150. The van der Waals surface area contributed by atoms with Crippen molar-refractivity contribution < 1.29 is 9.59 Å². The first-order valence-electron chi connectivity index (χ1n) is 9.22. The quantitative estimate of drug-likeness (QED) is 0.770. The molecule has 0 atom stereocenters. The number of carbonyl (C=O) groups excluding carboxylic acids is 2. The highest BCUT2D eigenvalue weighted by Crippen LogP contribution is 2.48. The molecule has 0 radical (unpaired) electrons. The number of carbonyl (C=O) groups is 2. The van der Waals surface area contributed by atoms with Crippen LogP contribution in [0.1, 0.15) is 24.0 Å². The lowest BCUT2D eigenvalue weighted by Gasteiger charge is -2.28. The summed E-state index contributed by atoms with van der Waals surface area (Å²) < 4.78 is 1.00. The number of hydrogen-bond acceptors (Lipinski definition) is 3. The van der Waals surface area contributed by atoms with Crippen LogP contribution in [0.3, 0.4) is 0 Å². The highest BCUT2D eigenvalue weighted by Gasteiger charge is 2.51. The lowest BCUT2D eigenvalue weighted by atomic mass is 9.95. The second-order valence-electron chi connectivity index (χ2n) is 7.21. The van der Waals surface area contributed by atoms with Crippen molar-refractivity contribution in [3.05, 3.63) is 64.1 Å². The molecule has 2 N–H and O–H groups in total. The molecule has 1 saturated heterocycles. The van der Waals surface area contributed by atoms with E-state index in [2.05, 4.69) is 31.5 Å². The van der Waals surface area contributed by atoms with Crippen molar-refractivity contribution in [1.29, 1.82) is 0 Å². The molecule has 5 nitrogen and oxygen atoms in total. The number of hydrogen-bond donors (Lipinski definition) is 2. The van der Waals surface area contributed by atoms with Gasteiger partial charge in [0.05, 0.1) is 12.0 Å². The number of piperazine rings is 1. The van der Waals surface area contributed by atoms with Crippen LogP contribution in [0.5, 0.6) is 0 Å². The van der Waals surface area contributed by atoms with Gasteiger partial charge < -0.3 is 15.5 Å². The van der Waals surface area contributed by atoms with E-state index >= 15 is 0 Å². The van der Waals surface area contributed by atoms with Crippen molar-refractivity contribution >= 4 is 33.4 Å². The van der Waals surface area contributed by atoms with Gasteiger partial charge in [-0.2, -0.15) is 0 Å². The molecule has 1 heterocycles. The molecule has 2 fully saturated rings. The third-order valence-electron chi connectivity index (χ3n) is 5.35. The predicted molar refractivity (Wildman–Crippen MR) is 109 cm³/mol. The molecule has 2 aliphatic rings. The Morgan fingerprint density at radius 3 is 2.63 bits per heavy atom. The molecule has 0 aromatic heterocycles. The zero-order chi connectivity index (χ0) is 18.9. The van der Waals surface area contributed by atoms with Crippen molar-refractivity contribution in [3.8, 4) is 0 Å². The Morgan fingerprint density at radius 2 is 1.96 bits per heavy atom. The average Bonchev–Trinajstić information content (AvgIpc) is 3.49. The second kappa shape index (κ2) is 7.35. The average molecular weight is 428 g/mol. The number of nitrogens with zero attached hydrogens (tertiary/aromatic N) is 1. The zero-order valence-corrected chi connectivity index (χ0v) is 16.6. The Hall–Kier alpha value is -2.34. The van der Waals surface area contributed by atoms with Crippen LogP contribution in [0, 0.1) is 0 Å². The lowest BCUT2D eigenvalue weighted by Crippen LogP contribution is -2.47. The van der Waals surface area contributed by atoms with E-state index in [0.717, 1.165) is 40.7 Å². The van der Waals surface area contributed by atoms with Crippen molar-refractivity contribution in [1.82, 2.24) is 10.6 Å². The molecule has 1 aliphatic heterocycles. The van der Waals surface area contributed by atoms with Gasteiger partial charge in [0.15, 0.2) is 0 Å². The highest BCUT2D eigenvalue weighted by molar-refractivity contribution is 9.10. The van der Waals surface area contributed by atoms with Crippen molar-refractivity contribution in [3.63, 3.8) is 0 Å². The minimum Gasteiger partial charge on any atom is -0.360 e. The van der Waals surface area contributed by atoms with E-state index in [1.165, 1.54) is 0 Å². The number of nitrogens with one attached hydrogen (secondary N) is 2. The SMILES string of the molecule is O=C1CN(c2ccc(CNC(=O)C3(c4cccc(Br)c4)CC3)cc2)CCN1. The predicted octanol–water partition coefficient (Wildman–Crippen LogP) is 2.73. The molecule has 0 bridgehead atoms. The zero-order valence-electron chi connectivity index (χ0n) is 15.0. The maximum absolute atomic E-state index is 12.8. The fourth-order valence-corrected chi connectivity index (χ4v) is 3.99. The van der Waals surface area contributed by atoms with Crippen molar-refractivity contribution in [2.24, 2.45) is 0 Å². The molecule has 4 rings (SSSR count). The molecule has 2 aromatic rings. The smallest absolute Gasteiger partial charge is 0.239 e. The molecule has 0 spiro atoms. The van der Waals surface area contributed by atoms with Gasteiger partial charge in [-0.25, -0.2) is 0 Å². The van der Waals surface area contributed by atoms with Crippen LogP contribution in [0.25, 0.3) is 0 Å². The summed E-state index contributed by atoms with van der Waals surface area (Å²) in [6.07, 6.45) is 1.79.